The number of benzene rings is 4. The number of phenols is 6. The maximum atomic E-state index is 13.1. The first-order valence-electron chi connectivity index (χ1n) is 11.2. The molecule has 0 saturated heterocycles. The minimum atomic E-state index is -0.965. The molecule has 7 N–H and O–H groups in total. The molecule has 38 heavy (non-hydrogen) atoms. The van der Waals surface area contributed by atoms with Gasteiger partial charge >= 0.3 is 0 Å². The van der Waals surface area contributed by atoms with E-state index < -0.39 is 28.1 Å². The van der Waals surface area contributed by atoms with Gasteiger partial charge in [-0.05, 0) is 59.7 Å². The van der Waals surface area contributed by atoms with Gasteiger partial charge in [-0.3, -0.25) is 4.79 Å². The minimum absolute atomic E-state index is 0.00990. The van der Waals surface area contributed by atoms with Crippen LogP contribution in [0.4, 0.5) is 0 Å². The third kappa shape index (κ3) is 4.28. The van der Waals surface area contributed by atoms with Gasteiger partial charge < -0.3 is 40.2 Å². The fourth-order valence-electron chi connectivity index (χ4n) is 4.15. The summed E-state index contributed by atoms with van der Waals surface area (Å²) in [5.74, 6) is -2.82. The van der Waals surface area contributed by atoms with Gasteiger partial charge in [0.15, 0.2) is 5.76 Å². The second-order valence-electron chi connectivity index (χ2n) is 8.54. The Bertz CT molecular complexity index is 1780. The molecular weight excluding hydrogens is 492 g/mol. The monoisotopic (exact) mass is 512 g/mol. The first-order chi connectivity index (χ1) is 18.1. The van der Waals surface area contributed by atoms with E-state index in [2.05, 4.69) is 0 Å². The topological polar surface area (TPSA) is 172 Å². The van der Waals surface area contributed by atoms with E-state index >= 15 is 0 Å². The van der Waals surface area contributed by atoms with E-state index in [1.807, 2.05) is 0 Å². The fourth-order valence-corrected chi connectivity index (χ4v) is 4.15. The normalized spacial score (nSPS) is 11.4. The van der Waals surface area contributed by atoms with E-state index in [0.29, 0.717) is 11.1 Å². The standard InChI is InChI=1S/C29H20O9/c30-17-6-4-16(5-7-17)29-28(37)27(36)25-23(38-29)13-22(34)24(26(25)35)20-11-14(3-8-21(20)33)1-2-15-9-18(31)12-19(32)10-15/h1-13,30-35,37H/b2-1+. The van der Waals surface area contributed by atoms with Crippen LogP contribution in [0.25, 0.3) is 45.6 Å². The molecule has 0 saturated carbocycles. The Balaban J connectivity index is 1.64. The lowest BCUT2D eigenvalue weighted by Gasteiger charge is -2.13. The average Bonchev–Trinajstić information content (AvgIpc) is 2.86. The van der Waals surface area contributed by atoms with Gasteiger partial charge in [0.1, 0.15) is 45.5 Å². The van der Waals surface area contributed by atoms with Gasteiger partial charge in [0.05, 0.1) is 5.56 Å². The number of hydrogen-bond donors (Lipinski definition) is 7. The molecule has 5 aromatic rings. The molecule has 0 aliphatic rings. The van der Waals surface area contributed by atoms with E-state index in [1.165, 1.54) is 54.6 Å². The number of fused-ring (bicyclic) bond motifs is 1. The summed E-state index contributed by atoms with van der Waals surface area (Å²) in [7, 11) is 0. The lowest BCUT2D eigenvalue weighted by atomic mass is 9.97. The Kier molecular flexibility index (Phi) is 5.81. The molecule has 190 valence electrons. The molecular formula is C29H20O9. The van der Waals surface area contributed by atoms with Crippen molar-refractivity contribution in [2.45, 2.75) is 0 Å². The van der Waals surface area contributed by atoms with Crippen molar-refractivity contribution >= 4 is 23.1 Å². The maximum Gasteiger partial charge on any atom is 0.238 e. The van der Waals surface area contributed by atoms with Crippen LogP contribution >= 0.6 is 0 Å². The molecule has 0 aliphatic heterocycles. The molecule has 5 rings (SSSR count). The number of hydrogen-bond acceptors (Lipinski definition) is 9. The van der Waals surface area contributed by atoms with Gasteiger partial charge in [-0.1, -0.05) is 18.2 Å². The summed E-state index contributed by atoms with van der Waals surface area (Å²) in [5, 5.41) is 71.3. The van der Waals surface area contributed by atoms with Crippen LogP contribution in [-0.2, 0) is 0 Å². The van der Waals surface area contributed by atoms with Crippen LogP contribution in [0.15, 0.2) is 75.9 Å². The Labute approximate surface area is 214 Å². The second-order valence-corrected chi connectivity index (χ2v) is 8.54. The van der Waals surface area contributed by atoms with Crippen LogP contribution in [0.3, 0.4) is 0 Å². The fraction of sp³-hybridized carbons (Fsp3) is 0. The van der Waals surface area contributed by atoms with Crippen molar-refractivity contribution in [3.05, 3.63) is 88.1 Å². The van der Waals surface area contributed by atoms with E-state index in [1.54, 1.807) is 18.2 Å². The number of aromatic hydroxyl groups is 7. The lowest BCUT2D eigenvalue weighted by Crippen LogP contribution is -2.03. The van der Waals surface area contributed by atoms with Crippen molar-refractivity contribution in [1.29, 1.82) is 0 Å². The van der Waals surface area contributed by atoms with Crippen LogP contribution < -0.4 is 5.43 Å². The first kappa shape index (κ1) is 24.1. The second kappa shape index (κ2) is 9.14. The third-order valence-electron chi connectivity index (χ3n) is 5.93. The first-order valence-corrected chi connectivity index (χ1v) is 11.2. The molecule has 4 aromatic carbocycles. The summed E-state index contributed by atoms with van der Waals surface area (Å²) in [6, 6.07) is 15.0. The highest BCUT2D eigenvalue weighted by Crippen LogP contribution is 2.46. The van der Waals surface area contributed by atoms with E-state index in [9.17, 15) is 40.5 Å². The smallest absolute Gasteiger partial charge is 0.238 e. The Morgan fingerprint density at radius 1 is 0.605 bits per heavy atom. The van der Waals surface area contributed by atoms with Gasteiger partial charge in [0.2, 0.25) is 11.2 Å². The zero-order valence-electron chi connectivity index (χ0n) is 19.5. The van der Waals surface area contributed by atoms with Crippen LogP contribution in [0, 0.1) is 0 Å². The van der Waals surface area contributed by atoms with Crippen molar-refractivity contribution in [2.24, 2.45) is 0 Å². The molecule has 0 atom stereocenters. The summed E-state index contributed by atoms with van der Waals surface area (Å²) in [4.78, 5) is 13.1. The molecule has 9 heteroatoms. The molecule has 0 bridgehead atoms. The quantitative estimate of drug-likeness (QED) is 0.159. The van der Waals surface area contributed by atoms with E-state index in [0.717, 1.165) is 6.07 Å². The highest BCUT2D eigenvalue weighted by Gasteiger charge is 2.24. The zero-order chi connectivity index (χ0) is 27.1. The highest BCUT2D eigenvalue weighted by molar-refractivity contribution is 5.98. The van der Waals surface area contributed by atoms with E-state index in [4.69, 9.17) is 4.42 Å². The van der Waals surface area contributed by atoms with Crippen molar-refractivity contribution in [3.8, 4) is 62.7 Å². The van der Waals surface area contributed by atoms with Gasteiger partial charge in [-0.15, -0.1) is 0 Å². The lowest BCUT2D eigenvalue weighted by molar-refractivity contribution is 0.438. The van der Waals surface area contributed by atoms with Crippen molar-refractivity contribution < 1.29 is 40.2 Å². The number of rotatable bonds is 4. The van der Waals surface area contributed by atoms with Crippen LogP contribution in [0.1, 0.15) is 11.1 Å². The molecule has 0 spiro atoms. The summed E-state index contributed by atoms with van der Waals surface area (Å²) in [5.41, 5.74) is -0.169. The molecule has 1 heterocycles. The van der Waals surface area contributed by atoms with Crippen LogP contribution in [0.5, 0.6) is 40.2 Å². The average molecular weight is 512 g/mol. The van der Waals surface area contributed by atoms with Crippen molar-refractivity contribution in [1.82, 2.24) is 0 Å². The maximum absolute atomic E-state index is 13.1. The molecule has 9 nitrogen and oxygen atoms in total. The molecule has 0 fully saturated rings. The Morgan fingerprint density at radius 3 is 1.95 bits per heavy atom. The zero-order valence-corrected chi connectivity index (χ0v) is 19.5. The predicted octanol–water partition coefficient (Wildman–Crippen LogP) is 5.24. The van der Waals surface area contributed by atoms with Crippen LogP contribution in [-0.4, -0.2) is 35.7 Å². The van der Waals surface area contributed by atoms with Crippen molar-refractivity contribution in [3.63, 3.8) is 0 Å². The third-order valence-corrected chi connectivity index (χ3v) is 5.93. The van der Waals surface area contributed by atoms with E-state index in [-0.39, 0.29) is 51.0 Å². The molecule has 0 amide bonds. The highest BCUT2D eigenvalue weighted by atomic mass is 16.4. The summed E-state index contributed by atoms with van der Waals surface area (Å²) in [6.45, 7) is 0. The molecule has 0 radical (unpaired) electrons. The number of phenolic OH excluding ortho intramolecular Hbond substituents is 6. The Morgan fingerprint density at radius 2 is 1.26 bits per heavy atom. The largest absolute Gasteiger partial charge is 0.508 e. The van der Waals surface area contributed by atoms with Gasteiger partial charge in [0, 0.05) is 23.3 Å². The van der Waals surface area contributed by atoms with Gasteiger partial charge in [-0.25, -0.2) is 0 Å². The van der Waals surface area contributed by atoms with Gasteiger partial charge in [-0.2, -0.15) is 0 Å². The molecule has 0 aliphatic carbocycles. The minimum Gasteiger partial charge on any atom is -0.508 e. The summed E-state index contributed by atoms with van der Waals surface area (Å²) >= 11 is 0. The van der Waals surface area contributed by atoms with Crippen LogP contribution in [0.2, 0.25) is 0 Å². The van der Waals surface area contributed by atoms with Crippen molar-refractivity contribution in [2.75, 3.05) is 0 Å². The summed E-state index contributed by atoms with van der Waals surface area (Å²) in [6.07, 6.45) is 3.20. The SMILES string of the molecule is O=c1c(O)c(-c2ccc(O)cc2)oc2cc(O)c(-c3cc(/C=C/c4cc(O)cc(O)c4)ccc3O)c(O)c12. The summed E-state index contributed by atoms with van der Waals surface area (Å²) < 4.78 is 5.65. The van der Waals surface area contributed by atoms with Gasteiger partial charge in [0.25, 0.3) is 0 Å². The Hall–Kier alpha value is -5.57. The predicted molar refractivity (Wildman–Crippen MR) is 140 cm³/mol. The molecule has 1 aromatic heterocycles. The molecule has 0 unspecified atom stereocenters.